The number of allylic oxidation sites excluding steroid dienone is 2. The number of hydrogen-bond acceptors (Lipinski definition) is 14. The van der Waals surface area contributed by atoms with Gasteiger partial charge in [-0.2, -0.15) is 0 Å². The molecule has 14 nitrogen and oxygen atoms in total. The van der Waals surface area contributed by atoms with Crippen molar-refractivity contribution in [2.75, 3.05) is 106 Å². The normalized spacial score (nSPS) is 18.8. The largest absolute Gasteiger partial charge is 0.491 e. The van der Waals surface area contributed by atoms with Crippen LogP contribution in [0.15, 0.2) is 78.9 Å². The van der Waals surface area contributed by atoms with Crippen LogP contribution in [0, 0.1) is 5.92 Å². The number of hydrogen-bond donors (Lipinski definition) is 0. The maximum absolute atomic E-state index is 13.0. The van der Waals surface area contributed by atoms with E-state index < -0.39 is 11.9 Å². The van der Waals surface area contributed by atoms with Gasteiger partial charge in [-0.25, -0.2) is 0 Å². The van der Waals surface area contributed by atoms with Gasteiger partial charge in [-0.3, -0.25) is 4.79 Å². The summed E-state index contributed by atoms with van der Waals surface area (Å²) in [5, 5.41) is 0. The molecule has 0 unspecified atom stereocenters. The Morgan fingerprint density at radius 3 is 1.04 bits per heavy atom. The molecule has 14 heteroatoms. The predicted octanol–water partition coefficient (Wildman–Crippen LogP) is 5.13. The van der Waals surface area contributed by atoms with Gasteiger partial charge in [-0.15, -0.1) is 0 Å². The minimum absolute atomic E-state index is 0.147. The van der Waals surface area contributed by atoms with Crippen molar-refractivity contribution in [2.24, 2.45) is 5.92 Å². The summed E-state index contributed by atoms with van der Waals surface area (Å²) in [4.78, 5) is 13.0. The Labute approximate surface area is 327 Å². The van der Waals surface area contributed by atoms with Gasteiger partial charge in [0, 0.05) is 30.3 Å². The first-order chi connectivity index (χ1) is 27.7. The lowest BCUT2D eigenvalue weighted by atomic mass is 10.2. The smallest absolute Gasteiger partial charge is 0.322 e. The molecule has 2 heterocycles. The average Bonchev–Trinajstić information content (AvgIpc) is 3.75. The van der Waals surface area contributed by atoms with Crippen molar-refractivity contribution in [1.82, 2.24) is 0 Å². The lowest BCUT2D eigenvalue weighted by molar-refractivity contribution is -0.135. The highest BCUT2D eigenvalue weighted by Crippen LogP contribution is 2.32. The van der Waals surface area contributed by atoms with Crippen LogP contribution in [0.25, 0.3) is 0 Å². The molecule has 2 aliphatic heterocycles. The number of benzene rings is 3. The molecule has 3 aromatic carbocycles. The van der Waals surface area contributed by atoms with Gasteiger partial charge in [-0.05, 0) is 35.4 Å². The van der Waals surface area contributed by atoms with E-state index in [9.17, 15) is 4.79 Å². The highest BCUT2D eigenvalue weighted by atomic mass is 16.6. The van der Waals surface area contributed by atoms with Gasteiger partial charge in [0.25, 0.3) is 0 Å². The molecule has 3 aliphatic rings. The molecular weight excluding hydrogens is 728 g/mol. The zero-order chi connectivity index (χ0) is 38.5. The zero-order valence-corrected chi connectivity index (χ0v) is 31.5. The van der Waals surface area contributed by atoms with Crippen molar-refractivity contribution >= 4 is 5.97 Å². The Bertz CT molecular complexity index is 1530. The molecule has 302 valence electrons. The van der Waals surface area contributed by atoms with E-state index in [4.69, 9.17) is 61.6 Å². The Morgan fingerprint density at radius 1 is 0.393 bits per heavy atom. The molecular formula is C42H50O14. The number of esters is 1. The molecule has 0 fully saturated rings. The molecule has 0 radical (unpaired) electrons. The maximum atomic E-state index is 13.0. The summed E-state index contributed by atoms with van der Waals surface area (Å²) in [7, 11) is 0. The molecule has 6 rings (SSSR count). The standard InChI is InChI=1S/C42H50O14/c43-42(34-3-1-2-4-34)56-41-28-39-27-40(29-41)55-31-33-23-37-26-38(24-33)53-20-16-49-12-8-45-7-11-48-15-19-52-36-22-32(30-54-39)21-35(25-36)50-17-13-46-9-5-44-6-10-47-14-18-51-37/h1-4,21-29,34H,5-20,30-31H2. The SMILES string of the molecule is O=C(Oc1cc2cc(c1)OCc1cc3cc(c1)OCCOCCOCCOCCOc1cc(cc(c1)OCCOCCOCCOCCO3)CO2)C1C=CC=C1. The van der Waals surface area contributed by atoms with Crippen LogP contribution in [-0.2, 0) is 46.4 Å². The van der Waals surface area contributed by atoms with Crippen LogP contribution in [-0.4, -0.2) is 112 Å². The van der Waals surface area contributed by atoms with Crippen molar-refractivity contribution in [3.05, 3.63) is 90.0 Å². The molecule has 0 N–H and O–H groups in total. The second kappa shape index (κ2) is 23.3. The van der Waals surface area contributed by atoms with E-state index >= 15 is 0 Å². The number of carbonyl (C=O) groups is 1. The first-order valence-corrected chi connectivity index (χ1v) is 18.9. The second-order valence-corrected chi connectivity index (χ2v) is 12.6. The van der Waals surface area contributed by atoms with E-state index in [2.05, 4.69) is 0 Å². The van der Waals surface area contributed by atoms with Crippen molar-refractivity contribution in [1.29, 1.82) is 0 Å². The Balaban J connectivity index is 1.27. The fraction of sp³-hybridized carbons (Fsp3) is 0.452. The molecule has 0 amide bonds. The first-order valence-electron chi connectivity index (χ1n) is 18.9. The number of ether oxygens (including phenoxy) is 13. The van der Waals surface area contributed by atoms with Gasteiger partial charge in [0.1, 0.15) is 79.9 Å². The molecule has 0 saturated carbocycles. The summed E-state index contributed by atoms with van der Waals surface area (Å²) >= 11 is 0. The lowest BCUT2D eigenvalue weighted by Gasteiger charge is -2.16. The van der Waals surface area contributed by atoms with Crippen LogP contribution in [0.3, 0.4) is 0 Å². The van der Waals surface area contributed by atoms with E-state index in [0.29, 0.717) is 140 Å². The fourth-order valence-electron chi connectivity index (χ4n) is 5.60. The summed E-state index contributed by atoms with van der Waals surface area (Å²) in [6.45, 7) is 6.40. The van der Waals surface area contributed by atoms with E-state index in [1.165, 1.54) is 0 Å². The van der Waals surface area contributed by atoms with Crippen LogP contribution in [0.2, 0.25) is 0 Å². The van der Waals surface area contributed by atoms with Crippen LogP contribution in [0.1, 0.15) is 11.1 Å². The average molecular weight is 779 g/mol. The summed E-state index contributed by atoms with van der Waals surface area (Å²) in [6.07, 6.45) is 7.16. The van der Waals surface area contributed by atoms with Gasteiger partial charge in [0.05, 0.1) is 85.2 Å². The monoisotopic (exact) mass is 778 g/mol. The quantitative estimate of drug-likeness (QED) is 0.251. The molecule has 1 aliphatic carbocycles. The van der Waals surface area contributed by atoms with Crippen LogP contribution < -0.4 is 33.2 Å². The van der Waals surface area contributed by atoms with E-state index in [1.807, 2.05) is 48.6 Å². The van der Waals surface area contributed by atoms with E-state index in [0.717, 1.165) is 11.1 Å². The molecule has 3 aromatic rings. The summed E-state index contributed by atoms with van der Waals surface area (Å²) in [6, 6.07) is 16.2. The van der Waals surface area contributed by atoms with Crippen LogP contribution in [0.4, 0.5) is 0 Å². The minimum Gasteiger partial charge on any atom is -0.491 e. The first kappa shape index (κ1) is 40.8. The van der Waals surface area contributed by atoms with Gasteiger partial charge in [-0.1, -0.05) is 24.3 Å². The predicted molar refractivity (Wildman–Crippen MR) is 202 cm³/mol. The Morgan fingerprint density at radius 2 is 0.696 bits per heavy atom. The van der Waals surface area contributed by atoms with Gasteiger partial charge < -0.3 is 61.6 Å². The third-order valence-electron chi connectivity index (χ3n) is 8.26. The van der Waals surface area contributed by atoms with Gasteiger partial charge in [0.15, 0.2) is 0 Å². The lowest BCUT2D eigenvalue weighted by Crippen LogP contribution is -2.16. The van der Waals surface area contributed by atoms with Crippen molar-refractivity contribution in [2.45, 2.75) is 13.2 Å². The molecule has 0 saturated heterocycles. The Hall–Kier alpha value is -4.83. The van der Waals surface area contributed by atoms with Gasteiger partial charge >= 0.3 is 5.97 Å². The van der Waals surface area contributed by atoms with Crippen LogP contribution in [0.5, 0.6) is 40.2 Å². The summed E-state index contributed by atoms with van der Waals surface area (Å²) in [5.74, 6) is 2.56. The Kier molecular flexibility index (Phi) is 17.0. The van der Waals surface area contributed by atoms with Crippen molar-refractivity contribution in [3.8, 4) is 40.2 Å². The van der Waals surface area contributed by atoms with Crippen LogP contribution >= 0.6 is 0 Å². The summed E-state index contributed by atoms with van der Waals surface area (Å²) in [5.41, 5.74) is 1.56. The third-order valence-corrected chi connectivity index (χ3v) is 8.26. The minimum atomic E-state index is -0.481. The summed E-state index contributed by atoms with van der Waals surface area (Å²) < 4.78 is 76.6. The van der Waals surface area contributed by atoms with Crippen molar-refractivity contribution < 1.29 is 66.4 Å². The number of fused-ring (bicyclic) bond motifs is 6. The third kappa shape index (κ3) is 14.7. The molecule has 0 spiro atoms. The van der Waals surface area contributed by atoms with Crippen molar-refractivity contribution in [3.63, 3.8) is 0 Å². The highest BCUT2D eigenvalue weighted by molar-refractivity contribution is 5.80. The van der Waals surface area contributed by atoms with E-state index in [1.54, 1.807) is 30.4 Å². The second-order valence-electron chi connectivity index (χ2n) is 12.6. The molecule has 8 bridgehead atoms. The highest BCUT2D eigenvalue weighted by Gasteiger charge is 2.18. The number of carbonyl (C=O) groups excluding carboxylic acids is 1. The fourth-order valence-corrected chi connectivity index (χ4v) is 5.60. The molecule has 0 atom stereocenters. The maximum Gasteiger partial charge on any atom is 0.322 e. The molecule has 0 aromatic heterocycles. The van der Waals surface area contributed by atoms with E-state index in [-0.39, 0.29) is 19.0 Å². The number of rotatable bonds is 2. The van der Waals surface area contributed by atoms with Gasteiger partial charge in [0.2, 0.25) is 0 Å². The zero-order valence-electron chi connectivity index (χ0n) is 31.5. The topological polar surface area (TPSA) is 137 Å². The molecule has 56 heavy (non-hydrogen) atoms.